The Bertz CT molecular complexity index is 879. The molecule has 4 rings (SSSR count). The third-order valence-electron chi connectivity index (χ3n) is 5.12. The first-order chi connectivity index (χ1) is 13.2. The molecule has 0 spiro atoms. The quantitative estimate of drug-likeness (QED) is 0.502. The predicted octanol–water partition coefficient (Wildman–Crippen LogP) is 5.49. The van der Waals surface area contributed by atoms with Gasteiger partial charge in [0.1, 0.15) is 15.8 Å². The van der Waals surface area contributed by atoms with Gasteiger partial charge >= 0.3 is 0 Å². The van der Waals surface area contributed by atoms with E-state index in [1.54, 1.807) is 13.4 Å². The van der Waals surface area contributed by atoms with Crippen LogP contribution in [0.3, 0.4) is 0 Å². The van der Waals surface area contributed by atoms with Crippen LogP contribution in [0.4, 0.5) is 0 Å². The van der Waals surface area contributed by atoms with Crippen molar-refractivity contribution < 1.29 is 13.9 Å². The first-order valence-corrected chi connectivity index (χ1v) is 10.4. The summed E-state index contributed by atoms with van der Waals surface area (Å²) in [6.45, 7) is 0. The fourth-order valence-corrected chi connectivity index (χ4v) is 5.07. The average Bonchev–Trinajstić information content (AvgIpc) is 3.27. The maximum absolute atomic E-state index is 13.0. The number of methoxy groups -OCH3 is 1. The summed E-state index contributed by atoms with van der Waals surface area (Å²) < 4.78 is 11.5. The number of ether oxygens (including phenoxy) is 1. The van der Waals surface area contributed by atoms with Crippen molar-refractivity contribution in [3.05, 3.63) is 47.3 Å². The van der Waals surface area contributed by atoms with Gasteiger partial charge in [0.2, 0.25) is 0 Å². The van der Waals surface area contributed by atoms with Crippen LogP contribution in [0.25, 0.3) is 17.2 Å². The standard InChI is InChI=1S/C21H21NO3S2/c1-24-16-9-7-14(8-10-16)17-11-12-25-18(17)13-19-20(23)22(21(26)27-19)15-5-3-2-4-6-15/h7-13,15H,2-6H2,1H3. The zero-order valence-electron chi connectivity index (χ0n) is 15.1. The van der Waals surface area contributed by atoms with E-state index in [9.17, 15) is 4.79 Å². The molecular formula is C21H21NO3S2. The number of hydrogen-bond donors (Lipinski definition) is 0. The van der Waals surface area contributed by atoms with Gasteiger partial charge in [0.05, 0.1) is 18.3 Å². The minimum Gasteiger partial charge on any atom is -0.497 e. The fourth-order valence-electron chi connectivity index (χ4n) is 3.69. The molecule has 1 aliphatic carbocycles. The molecule has 2 aliphatic rings. The second kappa shape index (κ2) is 7.90. The Balaban J connectivity index is 1.60. The van der Waals surface area contributed by atoms with Crippen LogP contribution in [0.15, 0.2) is 45.9 Å². The summed E-state index contributed by atoms with van der Waals surface area (Å²) >= 11 is 6.88. The van der Waals surface area contributed by atoms with E-state index in [1.165, 1.54) is 31.0 Å². The number of carbonyl (C=O) groups excluding carboxylic acids is 1. The van der Waals surface area contributed by atoms with E-state index in [-0.39, 0.29) is 11.9 Å². The van der Waals surface area contributed by atoms with E-state index in [1.807, 2.05) is 41.3 Å². The fraction of sp³-hybridized carbons (Fsp3) is 0.333. The van der Waals surface area contributed by atoms with Gasteiger partial charge in [-0.25, -0.2) is 0 Å². The highest BCUT2D eigenvalue weighted by Gasteiger charge is 2.37. The number of carbonyl (C=O) groups is 1. The number of amides is 1. The topological polar surface area (TPSA) is 42.7 Å². The van der Waals surface area contributed by atoms with Crippen LogP contribution in [0, 0.1) is 0 Å². The van der Waals surface area contributed by atoms with Crippen molar-refractivity contribution in [2.75, 3.05) is 7.11 Å². The van der Waals surface area contributed by atoms with Gasteiger partial charge in [-0.05, 0) is 36.6 Å². The van der Waals surface area contributed by atoms with E-state index in [0.29, 0.717) is 15.0 Å². The van der Waals surface area contributed by atoms with E-state index in [2.05, 4.69) is 0 Å². The molecule has 0 radical (unpaired) electrons. The van der Waals surface area contributed by atoms with Gasteiger partial charge in [-0.2, -0.15) is 0 Å². The molecule has 0 bridgehead atoms. The minimum absolute atomic E-state index is 0.00832. The number of thiocarbonyl (C=S) groups is 1. The molecule has 1 aliphatic heterocycles. The molecule has 0 N–H and O–H groups in total. The highest BCUT2D eigenvalue weighted by atomic mass is 32.2. The summed E-state index contributed by atoms with van der Waals surface area (Å²) in [5, 5.41) is 0. The maximum Gasteiger partial charge on any atom is 0.266 e. The molecule has 1 aromatic heterocycles. The molecule has 0 unspecified atom stereocenters. The van der Waals surface area contributed by atoms with Crippen molar-refractivity contribution in [2.24, 2.45) is 0 Å². The van der Waals surface area contributed by atoms with Gasteiger partial charge in [0, 0.05) is 17.7 Å². The third-order valence-corrected chi connectivity index (χ3v) is 6.45. The van der Waals surface area contributed by atoms with Crippen molar-refractivity contribution in [3.63, 3.8) is 0 Å². The van der Waals surface area contributed by atoms with Crippen molar-refractivity contribution in [2.45, 2.75) is 38.1 Å². The number of thioether (sulfide) groups is 1. The lowest BCUT2D eigenvalue weighted by atomic mass is 9.94. The molecular weight excluding hydrogens is 378 g/mol. The minimum atomic E-state index is 0.00832. The molecule has 6 heteroatoms. The highest BCUT2D eigenvalue weighted by Crippen LogP contribution is 2.38. The normalized spacial score (nSPS) is 19.9. The van der Waals surface area contributed by atoms with E-state index in [4.69, 9.17) is 21.4 Å². The van der Waals surface area contributed by atoms with Crippen LogP contribution >= 0.6 is 24.0 Å². The Labute approximate surface area is 168 Å². The van der Waals surface area contributed by atoms with Crippen molar-refractivity contribution in [1.29, 1.82) is 0 Å². The number of hydrogen-bond acceptors (Lipinski definition) is 5. The Kier molecular flexibility index (Phi) is 5.36. The molecule has 0 atom stereocenters. The monoisotopic (exact) mass is 399 g/mol. The second-order valence-electron chi connectivity index (χ2n) is 6.77. The van der Waals surface area contributed by atoms with Gasteiger partial charge in [-0.15, -0.1) is 0 Å². The van der Waals surface area contributed by atoms with Gasteiger partial charge in [-0.1, -0.05) is 55.4 Å². The zero-order valence-corrected chi connectivity index (χ0v) is 16.8. The molecule has 1 saturated heterocycles. The molecule has 1 amide bonds. The number of nitrogens with zero attached hydrogens (tertiary/aromatic N) is 1. The summed E-state index contributed by atoms with van der Waals surface area (Å²) in [5.41, 5.74) is 1.96. The van der Waals surface area contributed by atoms with Crippen molar-refractivity contribution in [3.8, 4) is 16.9 Å². The highest BCUT2D eigenvalue weighted by molar-refractivity contribution is 8.26. The Morgan fingerprint density at radius 2 is 1.93 bits per heavy atom. The second-order valence-corrected chi connectivity index (χ2v) is 8.45. The summed E-state index contributed by atoms with van der Waals surface area (Å²) in [4.78, 5) is 15.4. The maximum atomic E-state index is 13.0. The molecule has 2 fully saturated rings. The first-order valence-electron chi connectivity index (χ1n) is 9.16. The van der Waals surface area contributed by atoms with Crippen LogP contribution in [0.1, 0.15) is 37.9 Å². The van der Waals surface area contributed by atoms with Gasteiger partial charge < -0.3 is 9.15 Å². The third kappa shape index (κ3) is 3.69. The number of rotatable bonds is 4. The van der Waals surface area contributed by atoms with Crippen molar-refractivity contribution >= 4 is 40.3 Å². The van der Waals surface area contributed by atoms with E-state index in [0.717, 1.165) is 29.7 Å². The van der Waals surface area contributed by atoms with E-state index >= 15 is 0 Å². The smallest absolute Gasteiger partial charge is 0.266 e. The molecule has 1 saturated carbocycles. The lowest BCUT2D eigenvalue weighted by Gasteiger charge is -2.29. The first kappa shape index (κ1) is 18.3. The predicted molar refractivity (Wildman–Crippen MR) is 113 cm³/mol. The van der Waals surface area contributed by atoms with Gasteiger partial charge in [0.15, 0.2) is 0 Å². The number of furan rings is 1. The summed E-state index contributed by atoms with van der Waals surface area (Å²) in [6.07, 6.45) is 9.13. The molecule has 4 nitrogen and oxygen atoms in total. The molecule has 1 aromatic carbocycles. The van der Waals surface area contributed by atoms with E-state index < -0.39 is 0 Å². The Morgan fingerprint density at radius 1 is 1.19 bits per heavy atom. The average molecular weight is 400 g/mol. The van der Waals surface area contributed by atoms with Gasteiger partial charge in [0.25, 0.3) is 5.91 Å². The number of benzene rings is 1. The Hall–Kier alpha value is -2.05. The molecule has 2 aromatic rings. The SMILES string of the molecule is COc1ccc(-c2ccoc2C=C2SC(=S)N(C3CCCCC3)C2=O)cc1. The van der Waals surface area contributed by atoms with Crippen LogP contribution < -0.4 is 4.74 Å². The summed E-state index contributed by atoms with van der Waals surface area (Å²) in [6, 6.07) is 9.94. The molecule has 27 heavy (non-hydrogen) atoms. The van der Waals surface area contributed by atoms with Crippen LogP contribution in [0.5, 0.6) is 5.75 Å². The molecule has 140 valence electrons. The summed E-state index contributed by atoms with van der Waals surface area (Å²) in [5.74, 6) is 1.48. The summed E-state index contributed by atoms with van der Waals surface area (Å²) in [7, 11) is 1.65. The van der Waals surface area contributed by atoms with Gasteiger partial charge in [-0.3, -0.25) is 9.69 Å². The Morgan fingerprint density at radius 3 is 2.63 bits per heavy atom. The lowest BCUT2D eigenvalue weighted by molar-refractivity contribution is -0.124. The van der Waals surface area contributed by atoms with Crippen molar-refractivity contribution in [1.82, 2.24) is 4.90 Å². The van der Waals surface area contributed by atoms with Crippen LogP contribution in [-0.2, 0) is 4.79 Å². The zero-order chi connectivity index (χ0) is 18.8. The van der Waals surface area contributed by atoms with Crippen LogP contribution in [0.2, 0.25) is 0 Å². The van der Waals surface area contributed by atoms with Crippen LogP contribution in [-0.4, -0.2) is 28.3 Å². The lowest BCUT2D eigenvalue weighted by Crippen LogP contribution is -2.39. The molecule has 2 heterocycles. The largest absolute Gasteiger partial charge is 0.497 e.